The molecule has 0 spiro atoms. The molecule has 9 nitrogen and oxygen atoms in total. The van der Waals surface area contributed by atoms with E-state index >= 15 is 0 Å². The molecule has 0 aliphatic carbocycles. The summed E-state index contributed by atoms with van der Waals surface area (Å²) < 4.78 is 44.9. The van der Waals surface area contributed by atoms with E-state index in [0.717, 1.165) is 6.26 Å². The van der Waals surface area contributed by atoms with Crippen LogP contribution in [0.4, 0.5) is 0 Å². The number of carbonyl (C=O) groups excluding carboxylic acids is 1. The molecule has 1 amide bonds. The fraction of sp³-hybridized carbons (Fsp3) is 0.600. The number of sulfonamides is 1. The molecular formula is C10H18N4O5S2. The number of aryl methyl sites for hydroxylation is 1. The Morgan fingerprint density at radius 3 is 2.43 bits per heavy atom. The van der Waals surface area contributed by atoms with Crippen LogP contribution in [-0.4, -0.2) is 51.5 Å². The van der Waals surface area contributed by atoms with Crippen LogP contribution in [0.1, 0.15) is 29.5 Å². The molecule has 0 aliphatic heterocycles. The summed E-state index contributed by atoms with van der Waals surface area (Å²) in [5.74, 6) is -0.792. The van der Waals surface area contributed by atoms with Gasteiger partial charge in [0.15, 0.2) is 5.69 Å². The van der Waals surface area contributed by atoms with Crippen LogP contribution in [0.25, 0.3) is 0 Å². The number of primary sulfonamides is 1. The molecule has 4 N–H and O–H groups in total. The van der Waals surface area contributed by atoms with Gasteiger partial charge >= 0.3 is 0 Å². The molecule has 0 fully saturated rings. The summed E-state index contributed by atoms with van der Waals surface area (Å²) in [5, 5.41) is 13.6. The summed E-state index contributed by atoms with van der Waals surface area (Å²) in [6.45, 7) is 1.78. The van der Waals surface area contributed by atoms with E-state index in [4.69, 9.17) is 5.14 Å². The van der Waals surface area contributed by atoms with Gasteiger partial charge in [-0.15, -0.1) is 0 Å². The van der Waals surface area contributed by atoms with E-state index in [1.54, 1.807) is 6.92 Å². The van der Waals surface area contributed by atoms with E-state index in [1.807, 2.05) is 0 Å². The second kappa shape index (κ2) is 6.54. The molecule has 0 bridgehead atoms. The zero-order valence-electron chi connectivity index (χ0n) is 11.7. The van der Waals surface area contributed by atoms with Crippen molar-refractivity contribution in [3.63, 3.8) is 0 Å². The second-order valence-electron chi connectivity index (χ2n) is 4.52. The summed E-state index contributed by atoms with van der Waals surface area (Å²) in [4.78, 5) is 11.6. The van der Waals surface area contributed by atoms with Crippen molar-refractivity contribution in [2.24, 2.45) is 5.14 Å². The van der Waals surface area contributed by atoms with Crippen molar-refractivity contribution >= 4 is 25.8 Å². The van der Waals surface area contributed by atoms with Crippen molar-refractivity contribution in [3.8, 4) is 0 Å². The van der Waals surface area contributed by atoms with Gasteiger partial charge in [0.25, 0.3) is 5.91 Å². The average Bonchev–Trinajstić information content (AvgIpc) is 2.76. The number of aromatic amines is 1. The SMILES string of the molecule is CCc1[nH]nc(C(=O)NCCCS(C)(=O)=O)c1S(N)(=O)=O. The molecule has 120 valence electrons. The molecule has 0 saturated heterocycles. The van der Waals surface area contributed by atoms with Crippen LogP contribution < -0.4 is 10.5 Å². The van der Waals surface area contributed by atoms with Crippen LogP contribution in [-0.2, 0) is 26.3 Å². The molecule has 1 aromatic heterocycles. The van der Waals surface area contributed by atoms with Crippen molar-refractivity contribution in [1.82, 2.24) is 15.5 Å². The van der Waals surface area contributed by atoms with Crippen molar-refractivity contribution < 1.29 is 21.6 Å². The van der Waals surface area contributed by atoms with Crippen LogP contribution in [0.3, 0.4) is 0 Å². The quantitative estimate of drug-likeness (QED) is 0.530. The molecule has 0 aromatic carbocycles. The Balaban J connectivity index is 2.82. The summed E-state index contributed by atoms with van der Waals surface area (Å²) in [6, 6.07) is 0. The van der Waals surface area contributed by atoms with E-state index in [0.29, 0.717) is 6.42 Å². The predicted octanol–water partition coefficient (Wildman–Crippen LogP) is -1.22. The summed E-state index contributed by atoms with van der Waals surface area (Å²) in [6.07, 6.45) is 1.63. The topological polar surface area (TPSA) is 152 Å². The summed E-state index contributed by atoms with van der Waals surface area (Å²) in [7, 11) is -7.19. The van der Waals surface area contributed by atoms with Gasteiger partial charge in [-0.1, -0.05) is 6.92 Å². The first-order chi connectivity index (χ1) is 9.56. The highest BCUT2D eigenvalue weighted by molar-refractivity contribution is 7.90. The lowest BCUT2D eigenvalue weighted by Crippen LogP contribution is -2.28. The van der Waals surface area contributed by atoms with Crippen molar-refractivity contribution in [3.05, 3.63) is 11.4 Å². The Labute approximate surface area is 123 Å². The number of amides is 1. The van der Waals surface area contributed by atoms with Crippen LogP contribution in [0.15, 0.2) is 4.90 Å². The van der Waals surface area contributed by atoms with Gasteiger partial charge in [-0.25, -0.2) is 22.0 Å². The van der Waals surface area contributed by atoms with Gasteiger partial charge in [-0.05, 0) is 12.8 Å². The third-order valence-corrected chi connectivity index (χ3v) is 4.66. The summed E-state index contributed by atoms with van der Waals surface area (Å²) in [5.41, 5.74) is -0.0625. The van der Waals surface area contributed by atoms with Crippen LogP contribution in [0, 0.1) is 0 Å². The highest BCUT2D eigenvalue weighted by atomic mass is 32.2. The average molecular weight is 338 g/mol. The smallest absolute Gasteiger partial charge is 0.273 e. The number of hydrogen-bond acceptors (Lipinski definition) is 6. The van der Waals surface area contributed by atoms with Gasteiger partial charge in [0.2, 0.25) is 10.0 Å². The molecule has 0 aliphatic rings. The molecular weight excluding hydrogens is 320 g/mol. The minimum atomic E-state index is -4.08. The van der Waals surface area contributed by atoms with Gasteiger partial charge in [-0.3, -0.25) is 9.89 Å². The molecule has 11 heteroatoms. The predicted molar refractivity (Wildman–Crippen MR) is 76.0 cm³/mol. The van der Waals surface area contributed by atoms with Gasteiger partial charge in [0.05, 0.1) is 11.4 Å². The van der Waals surface area contributed by atoms with E-state index in [1.165, 1.54) is 0 Å². The lowest BCUT2D eigenvalue weighted by molar-refractivity contribution is 0.0945. The number of carbonyl (C=O) groups is 1. The number of H-pyrrole nitrogens is 1. The zero-order valence-corrected chi connectivity index (χ0v) is 13.3. The van der Waals surface area contributed by atoms with E-state index < -0.39 is 25.8 Å². The van der Waals surface area contributed by atoms with E-state index in [9.17, 15) is 21.6 Å². The van der Waals surface area contributed by atoms with E-state index in [-0.39, 0.29) is 35.0 Å². The maximum atomic E-state index is 11.9. The standard InChI is InChI=1S/C10H18N4O5S2/c1-3-7-9(21(11,18)19)8(14-13-7)10(15)12-5-4-6-20(2,16)17/h3-6H2,1-2H3,(H,12,15)(H,13,14)(H2,11,18,19). The molecule has 1 rings (SSSR count). The van der Waals surface area contributed by atoms with Gasteiger partial charge in [-0.2, -0.15) is 5.10 Å². The first kappa shape index (κ1) is 17.6. The Kier molecular flexibility index (Phi) is 5.48. The third kappa shape index (κ3) is 5.10. The van der Waals surface area contributed by atoms with Crippen LogP contribution >= 0.6 is 0 Å². The number of nitrogens with one attached hydrogen (secondary N) is 2. The molecule has 0 radical (unpaired) electrons. The Morgan fingerprint density at radius 1 is 1.33 bits per heavy atom. The molecule has 0 atom stereocenters. The monoisotopic (exact) mass is 338 g/mol. The lowest BCUT2D eigenvalue weighted by Gasteiger charge is -2.04. The fourth-order valence-electron chi connectivity index (χ4n) is 1.69. The Hall–Kier alpha value is -1.46. The lowest BCUT2D eigenvalue weighted by atomic mass is 10.3. The molecule has 0 unspecified atom stereocenters. The number of sulfone groups is 1. The minimum Gasteiger partial charge on any atom is -0.351 e. The van der Waals surface area contributed by atoms with Gasteiger partial charge in [0.1, 0.15) is 14.7 Å². The largest absolute Gasteiger partial charge is 0.351 e. The maximum absolute atomic E-state index is 11.9. The highest BCUT2D eigenvalue weighted by Crippen LogP contribution is 2.17. The van der Waals surface area contributed by atoms with Crippen molar-refractivity contribution in [1.29, 1.82) is 0 Å². The summed E-state index contributed by atoms with van der Waals surface area (Å²) >= 11 is 0. The molecule has 21 heavy (non-hydrogen) atoms. The van der Waals surface area contributed by atoms with Crippen LogP contribution in [0.5, 0.6) is 0 Å². The maximum Gasteiger partial charge on any atom is 0.273 e. The first-order valence-electron chi connectivity index (χ1n) is 6.12. The number of aromatic nitrogens is 2. The van der Waals surface area contributed by atoms with Crippen LogP contribution in [0.2, 0.25) is 0 Å². The van der Waals surface area contributed by atoms with E-state index in [2.05, 4.69) is 15.5 Å². The molecule has 1 heterocycles. The van der Waals surface area contributed by atoms with Crippen molar-refractivity contribution in [2.75, 3.05) is 18.6 Å². The first-order valence-corrected chi connectivity index (χ1v) is 9.73. The minimum absolute atomic E-state index is 0.0733. The fourth-order valence-corrected chi connectivity index (χ4v) is 3.30. The van der Waals surface area contributed by atoms with Gasteiger partial charge in [0, 0.05) is 12.8 Å². The van der Waals surface area contributed by atoms with Gasteiger partial charge < -0.3 is 5.32 Å². The van der Waals surface area contributed by atoms with Crippen molar-refractivity contribution in [2.45, 2.75) is 24.7 Å². The second-order valence-corrected chi connectivity index (χ2v) is 8.28. The Bertz CT molecular complexity index is 721. The highest BCUT2D eigenvalue weighted by Gasteiger charge is 2.26. The number of nitrogens with zero attached hydrogens (tertiary/aromatic N) is 1. The number of hydrogen-bond donors (Lipinski definition) is 3. The molecule has 0 saturated carbocycles. The number of rotatable bonds is 7. The number of nitrogens with two attached hydrogens (primary N) is 1. The molecule has 1 aromatic rings. The normalized spacial score (nSPS) is 12.3. The Morgan fingerprint density at radius 2 is 1.95 bits per heavy atom. The zero-order chi connectivity index (χ0) is 16.3. The third-order valence-electron chi connectivity index (χ3n) is 2.62.